The molecule has 1 rings (SSSR count). The summed E-state index contributed by atoms with van der Waals surface area (Å²) in [5.74, 6) is 1.49. The number of thioether (sulfide) groups is 1. The summed E-state index contributed by atoms with van der Waals surface area (Å²) in [6, 6.07) is 0.0394. The molecular weight excluding hydrogens is 162 g/mol. The van der Waals surface area contributed by atoms with Gasteiger partial charge in [0.15, 0.2) is 0 Å². The van der Waals surface area contributed by atoms with Crippen molar-refractivity contribution in [1.82, 2.24) is 4.90 Å². The zero-order valence-corrected chi connectivity index (χ0v) is 7.43. The molecule has 1 aliphatic heterocycles. The van der Waals surface area contributed by atoms with Gasteiger partial charge in [-0.2, -0.15) is 0 Å². The SMILES string of the molecule is CCC(CO)N1CSCC1=O. The van der Waals surface area contributed by atoms with Crippen molar-refractivity contribution in [2.24, 2.45) is 0 Å². The standard InChI is InChI=1S/C7H13NO2S/c1-2-6(3-9)8-5-11-4-7(8)10/h6,9H,2-5H2,1H3. The van der Waals surface area contributed by atoms with Crippen LogP contribution in [0.25, 0.3) is 0 Å². The molecule has 11 heavy (non-hydrogen) atoms. The third-order valence-corrected chi connectivity index (χ3v) is 2.81. The van der Waals surface area contributed by atoms with E-state index in [-0.39, 0.29) is 18.6 Å². The highest BCUT2D eigenvalue weighted by Gasteiger charge is 2.26. The lowest BCUT2D eigenvalue weighted by Gasteiger charge is -2.23. The maximum Gasteiger partial charge on any atom is 0.233 e. The van der Waals surface area contributed by atoms with Gasteiger partial charge in [0.25, 0.3) is 0 Å². The number of carbonyl (C=O) groups is 1. The molecule has 1 atom stereocenters. The van der Waals surface area contributed by atoms with Crippen molar-refractivity contribution in [3.05, 3.63) is 0 Å². The smallest absolute Gasteiger partial charge is 0.233 e. The fraction of sp³-hybridized carbons (Fsp3) is 0.857. The van der Waals surface area contributed by atoms with Crippen LogP contribution in [0.15, 0.2) is 0 Å². The number of hydrogen-bond donors (Lipinski definition) is 1. The van der Waals surface area contributed by atoms with E-state index in [9.17, 15) is 4.79 Å². The van der Waals surface area contributed by atoms with E-state index in [1.165, 1.54) is 0 Å². The lowest BCUT2D eigenvalue weighted by Crippen LogP contribution is -2.38. The van der Waals surface area contributed by atoms with Gasteiger partial charge < -0.3 is 10.0 Å². The molecule has 1 aliphatic rings. The minimum Gasteiger partial charge on any atom is -0.394 e. The minimum atomic E-state index is 0.0394. The summed E-state index contributed by atoms with van der Waals surface area (Å²) in [5, 5.41) is 8.90. The van der Waals surface area contributed by atoms with Crippen molar-refractivity contribution in [3.8, 4) is 0 Å². The first-order chi connectivity index (χ1) is 5.29. The van der Waals surface area contributed by atoms with Crippen molar-refractivity contribution in [2.75, 3.05) is 18.2 Å². The van der Waals surface area contributed by atoms with Crippen LogP contribution < -0.4 is 0 Å². The Kier molecular flexibility index (Phi) is 3.20. The van der Waals surface area contributed by atoms with Crippen molar-refractivity contribution in [3.63, 3.8) is 0 Å². The third-order valence-electron chi connectivity index (χ3n) is 1.90. The lowest BCUT2D eigenvalue weighted by atomic mass is 10.2. The molecule has 0 radical (unpaired) electrons. The Morgan fingerprint density at radius 1 is 1.82 bits per heavy atom. The summed E-state index contributed by atoms with van der Waals surface area (Å²) < 4.78 is 0. The van der Waals surface area contributed by atoms with Crippen LogP contribution in [0, 0.1) is 0 Å². The van der Waals surface area contributed by atoms with Crippen LogP contribution in [0.4, 0.5) is 0 Å². The van der Waals surface area contributed by atoms with Crippen LogP contribution in [-0.2, 0) is 4.79 Å². The maximum absolute atomic E-state index is 11.1. The predicted molar refractivity (Wildman–Crippen MR) is 45.3 cm³/mol. The Labute approximate surface area is 70.8 Å². The van der Waals surface area contributed by atoms with E-state index in [0.717, 1.165) is 12.3 Å². The van der Waals surface area contributed by atoms with Gasteiger partial charge in [0.1, 0.15) is 0 Å². The second-order valence-corrected chi connectivity index (χ2v) is 3.54. The van der Waals surface area contributed by atoms with Gasteiger partial charge in [-0.25, -0.2) is 0 Å². The lowest BCUT2D eigenvalue weighted by molar-refractivity contribution is -0.129. The number of aliphatic hydroxyl groups excluding tert-OH is 1. The highest BCUT2D eigenvalue weighted by Crippen LogP contribution is 2.18. The monoisotopic (exact) mass is 175 g/mol. The summed E-state index contributed by atoms with van der Waals surface area (Å²) >= 11 is 1.61. The number of aliphatic hydroxyl groups is 1. The molecule has 0 aromatic carbocycles. The molecule has 4 heteroatoms. The van der Waals surface area contributed by atoms with Gasteiger partial charge in [0.2, 0.25) is 5.91 Å². The second-order valence-electron chi connectivity index (χ2n) is 2.59. The van der Waals surface area contributed by atoms with Gasteiger partial charge in [0, 0.05) is 0 Å². The van der Waals surface area contributed by atoms with Gasteiger partial charge in [-0.15, -0.1) is 11.8 Å². The topological polar surface area (TPSA) is 40.5 Å². The van der Waals surface area contributed by atoms with Gasteiger partial charge in [-0.05, 0) is 6.42 Å². The Bertz CT molecular complexity index is 147. The highest BCUT2D eigenvalue weighted by molar-refractivity contribution is 8.00. The molecule has 0 aromatic rings. The van der Waals surface area contributed by atoms with Crippen LogP contribution in [0.1, 0.15) is 13.3 Å². The largest absolute Gasteiger partial charge is 0.394 e. The average Bonchev–Trinajstić information content (AvgIpc) is 2.40. The average molecular weight is 175 g/mol. The zero-order valence-electron chi connectivity index (χ0n) is 6.62. The normalized spacial score (nSPS) is 20.9. The van der Waals surface area contributed by atoms with E-state index >= 15 is 0 Å². The fourth-order valence-electron chi connectivity index (χ4n) is 1.14. The van der Waals surface area contributed by atoms with E-state index in [2.05, 4.69) is 0 Å². The van der Waals surface area contributed by atoms with Crippen molar-refractivity contribution < 1.29 is 9.90 Å². The van der Waals surface area contributed by atoms with E-state index < -0.39 is 0 Å². The first-order valence-electron chi connectivity index (χ1n) is 3.77. The molecule has 0 aliphatic carbocycles. The first-order valence-corrected chi connectivity index (χ1v) is 4.93. The quantitative estimate of drug-likeness (QED) is 0.670. The van der Waals surface area contributed by atoms with Gasteiger partial charge in [0.05, 0.1) is 24.3 Å². The third kappa shape index (κ3) is 1.87. The molecule has 1 fully saturated rings. The first kappa shape index (κ1) is 8.87. The summed E-state index contributed by atoms with van der Waals surface area (Å²) in [4.78, 5) is 12.9. The van der Waals surface area contributed by atoms with Crippen molar-refractivity contribution in [2.45, 2.75) is 19.4 Å². The molecule has 1 saturated heterocycles. The van der Waals surface area contributed by atoms with E-state index in [1.807, 2.05) is 6.92 Å². The molecule has 0 spiro atoms. The number of amides is 1. The number of rotatable bonds is 3. The summed E-state index contributed by atoms with van der Waals surface area (Å²) in [6.45, 7) is 2.07. The second kappa shape index (κ2) is 3.97. The maximum atomic E-state index is 11.1. The molecule has 0 aromatic heterocycles. The fourth-order valence-corrected chi connectivity index (χ4v) is 2.13. The zero-order chi connectivity index (χ0) is 8.27. The molecule has 0 bridgehead atoms. The van der Waals surface area contributed by atoms with Gasteiger partial charge in [-0.1, -0.05) is 6.92 Å². The molecule has 1 unspecified atom stereocenters. The Hall–Kier alpha value is -0.220. The van der Waals surface area contributed by atoms with Crippen LogP contribution in [-0.4, -0.2) is 40.2 Å². The number of nitrogens with zero attached hydrogens (tertiary/aromatic N) is 1. The molecule has 0 saturated carbocycles. The summed E-state index contributed by atoms with van der Waals surface area (Å²) in [7, 11) is 0. The van der Waals surface area contributed by atoms with E-state index in [0.29, 0.717) is 5.75 Å². The highest BCUT2D eigenvalue weighted by atomic mass is 32.2. The molecule has 3 nitrogen and oxygen atoms in total. The molecule has 1 N–H and O–H groups in total. The molecule has 1 amide bonds. The van der Waals surface area contributed by atoms with Gasteiger partial charge in [-0.3, -0.25) is 4.79 Å². The molecule has 64 valence electrons. The van der Waals surface area contributed by atoms with Crippen LogP contribution in [0.5, 0.6) is 0 Å². The Balaban J connectivity index is 2.49. The van der Waals surface area contributed by atoms with Crippen LogP contribution in [0.2, 0.25) is 0 Å². The Morgan fingerprint density at radius 2 is 2.55 bits per heavy atom. The van der Waals surface area contributed by atoms with E-state index in [1.54, 1.807) is 16.7 Å². The molecule has 1 heterocycles. The number of hydrogen-bond acceptors (Lipinski definition) is 3. The predicted octanol–water partition coefficient (Wildman–Crippen LogP) is 0.290. The number of carbonyl (C=O) groups excluding carboxylic acids is 1. The van der Waals surface area contributed by atoms with Crippen LogP contribution >= 0.6 is 11.8 Å². The Morgan fingerprint density at radius 3 is 2.91 bits per heavy atom. The van der Waals surface area contributed by atoms with Crippen molar-refractivity contribution in [1.29, 1.82) is 0 Å². The van der Waals surface area contributed by atoms with E-state index in [4.69, 9.17) is 5.11 Å². The van der Waals surface area contributed by atoms with Gasteiger partial charge >= 0.3 is 0 Å². The summed E-state index contributed by atoms with van der Waals surface area (Å²) in [5.41, 5.74) is 0. The van der Waals surface area contributed by atoms with Crippen LogP contribution in [0.3, 0.4) is 0 Å². The molecular formula is C7H13NO2S. The van der Waals surface area contributed by atoms with Crippen molar-refractivity contribution >= 4 is 17.7 Å². The minimum absolute atomic E-state index is 0.0394. The summed E-state index contributed by atoms with van der Waals surface area (Å²) in [6.07, 6.45) is 0.836.